The standard InChI is InChI=1S/C15H15N5/c1-20-15-12(8-16-9-17-15)14(19-20)18-13-7-3-5-10-4-2-6-11(10)13/h3,5,7-9H,2,4,6H2,1H3,(H,18,19). The molecule has 0 saturated carbocycles. The van der Waals surface area contributed by atoms with Crippen LogP contribution in [-0.2, 0) is 19.9 Å². The van der Waals surface area contributed by atoms with Crippen molar-refractivity contribution in [2.24, 2.45) is 7.05 Å². The van der Waals surface area contributed by atoms with Crippen molar-refractivity contribution in [3.05, 3.63) is 41.9 Å². The lowest BCUT2D eigenvalue weighted by Gasteiger charge is -2.09. The molecule has 0 bridgehead atoms. The van der Waals surface area contributed by atoms with Gasteiger partial charge < -0.3 is 5.32 Å². The van der Waals surface area contributed by atoms with Gasteiger partial charge in [-0.25, -0.2) is 14.6 Å². The first-order chi connectivity index (χ1) is 9.83. The fourth-order valence-electron chi connectivity index (χ4n) is 2.96. The Hall–Kier alpha value is -2.43. The molecule has 0 unspecified atom stereocenters. The van der Waals surface area contributed by atoms with Crippen LogP contribution in [0.2, 0.25) is 0 Å². The van der Waals surface area contributed by atoms with E-state index in [-0.39, 0.29) is 0 Å². The average molecular weight is 265 g/mol. The third kappa shape index (κ3) is 1.66. The zero-order valence-corrected chi connectivity index (χ0v) is 11.3. The molecule has 0 spiro atoms. The van der Waals surface area contributed by atoms with Gasteiger partial charge in [-0.05, 0) is 36.5 Å². The van der Waals surface area contributed by atoms with E-state index in [2.05, 4.69) is 38.6 Å². The van der Waals surface area contributed by atoms with E-state index < -0.39 is 0 Å². The molecular formula is C15H15N5. The normalized spacial score (nSPS) is 13.7. The molecule has 2 heterocycles. The first kappa shape index (κ1) is 11.4. The van der Waals surface area contributed by atoms with Gasteiger partial charge in [-0.2, -0.15) is 5.10 Å². The molecule has 3 aromatic rings. The van der Waals surface area contributed by atoms with Crippen LogP contribution in [0.5, 0.6) is 0 Å². The second kappa shape index (κ2) is 4.30. The Morgan fingerprint density at radius 2 is 2.20 bits per heavy atom. The van der Waals surface area contributed by atoms with Gasteiger partial charge in [0.25, 0.3) is 0 Å². The molecule has 0 aliphatic heterocycles. The van der Waals surface area contributed by atoms with Gasteiger partial charge in [0.1, 0.15) is 6.33 Å². The summed E-state index contributed by atoms with van der Waals surface area (Å²) in [6, 6.07) is 6.44. The molecule has 4 rings (SSSR count). The number of nitrogens with zero attached hydrogens (tertiary/aromatic N) is 4. The largest absolute Gasteiger partial charge is 0.338 e. The maximum atomic E-state index is 4.51. The summed E-state index contributed by atoms with van der Waals surface area (Å²) in [5.41, 5.74) is 4.87. The van der Waals surface area contributed by atoms with Crippen LogP contribution < -0.4 is 5.32 Å². The SMILES string of the molecule is Cn1nc(Nc2cccc3c2CCC3)c2cncnc21. The minimum atomic E-state index is 0.823. The van der Waals surface area contributed by atoms with Gasteiger partial charge in [0, 0.05) is 18.9 Å². The number of aryl methyl sites for hydroxylation is 2. The Morgan fingerprint density at radius 1 is 1.25 bits per heavy atom. The Labute approximate surface area is 116 Å². The van der Waals surface area contributed by atoms with Crippen LogP contribution in [0.4, 0.5) is 11.5 Å². The highest BCUT2D eigenvalue weighted by molar-refractivity contribution is 5.89. The smallest absolute Gasteiger partial charge is 0.163 e. The van der Waals surface area contributed by atoms with Gasteiger partial charge in [-0.15, -0.1) is 0 Å². The topological polar surface area (TPSA) is 55.6 Å². The van der Waals surface area contributed by atoms with E-state index in [0.29, 0.717) is 0 Å². The van der Waals surface area contributed by atoms with Crippen LogP contribution in [0.25, 0.3) is 11.0 Å². The third-order valence-electron chi connectivity index (χ3n) is 3.90. The molecule has 1 aliphatic rings. The molecule has 20 heavy (non-hydrogen) atoms. The van der Waals surface area contributed by atoms with Crippen molar-refractivity contribution >= 4 is 22.5 Å². The molecule has 1 aromatic carbocycles. The minimum Gasteiger partial charge on any atom is -0.338 e. The number of hydrogen-bond acceptors (Lipinski definition) is 4. The Kier molecular flexibility index (Phi) is 2.45. The number of nitrogens with one attached hydrogen (secondary N) is 1. The van der Waals surface area contributed by atoms with Crippen molar-refractivity contribution in [1.82, 2.24) is 19.7 Å². The average Bonchev–Trinajstić information content (AvgIpc) is 3.06. The fourth-order valence-corrected chi connectivity index (χ4v) is 2.96. The van der Waals surface area contributed by atoms with Gasteiger partial charge in [0.05, 0.1) is 5.39 Å². The van der Waals surface area contributed by atoms with Crippen molar-refractivity contribution in [1.29, 1.82) is 0 Å². The molecule has 0 saturated heterocycles. The maximum Gasteiger partial charge on any atom is 0.163 e. The Balaban J connectivity index is 1.81. The van der Waals surface area contributed by atoms with E-state index >= 15 is 0 Å². The molecule has 0 fully saturated rings. The molecule has 1 aliphatic carbocycles. The van der Waals surface area contributed by atoms with Gasteiger partial charge in [0.15, 0.2) is 11.5 Å². The molecule has 5 heteroatoms. The fraction of sp³-hybridized carbons (Fsp3) is 0.267. The molecule has 100 valence electrons. The summed E-state index contributed by atoms with van der Waals surface area (Å²) < 4.78 is 1.78. The van der Waals surface area contributed by atoms with E-state index in [1.807, 2.05) is 7.05 Å². The second-order valence-corrected chi connectivity index (χ2v) is 5.15. The molecular weight excluding hydrogens is 250 g/mol. The maximum absolute atomic E-state index is 4.51. The first-order valence-corrected chi connectivity index (χ1v) is 6.83. The number of anilines is 2. The summed E-state index contributed by atoms with van der Waals surface area (Å²) >= 11 is 0. The van der Waals surface area contributed by atoms with Crippen molar-refractivity contribution in [3.63, 3.8) is 0 Å². The monoisotopic (exact) mass is 265 g/mol. The summed E-state index contributed by atoms with van der Waals surface area (Å²) in [6.45, 7) is 0. The minimum absolute atomic E-state index is 0.823. The van der Waals surface area contributed by atoms with Crippen LogP contribution in [0.1, 0.15) is 17.5 Å². The predicted octanol–water partition coefficient (Wildman–Crippen LogP) is 2.60. The molecule has 0 atom stereocenters. The Morgan fingerprint density at radius 3 is 3.15 bits per heavy atom. The van der Waals surface area contributed by atoms with Crippen LogP contribution in [0.15, 0.2) is 30.7 Å². The molecule has 0 amide bonds. The highest BCUT2D eigenvalue weighted by Crippen LogP contribution is 2.32. The van der Waals surface area contributed by atoms with Crippen molar-refractivity contribution in [3.8, 4) is 0 Å². The lowest BCUT2D eigenvalue weighted by molar-refractivity contribution is 0.789. The number of rotatable bonds is 2. The molecule has 1 N–H and O–H groups in total. The summed E-state index contributed by atoms with van der Waals surface area (Å²) in [6.07, 6.45) is 6.91. The zero-order chi connectivity index (χ0) is 13.5. The molecule has 5 nitrogen and oxygen atoms in total. The van der Waals surface area contributed by atoms with Crippen LogP contribution in [-0.4, -0.2) is 19.7 Å². The van der Waals surface area contributed by atoms with E-state index in [1.54, 1.807) is 17.2 Å². The van der Waals surface area contributed by atoms with Gasteiger partial charge in [-0.1, -0.05) is 12.1 Å². The quantitative estimate of drug-likeness (QED) is 0.773. The van der Waals surface area contributed by atoms with Crippen molar-refractivity contribution in [2.45, 2.75) is 19.3 Å². The van der Waals surface area contributed by atoms with Crippen molar-refractivity contribution < 1.29 is 0 Å². The summed E-state index contributed by atoms with van der Waals surface area (Å²) in [4.78, 5) is 8.36. The number of fused-ring (bicyclic) bond motifs is 2. The van der Waals surface area contributed by atoms with E-state index in [4.69, 9.17) is 0 Å². The highest BCUT2D eigenvalue weighted by Gasteiger charge is 2.16. The number of aromatic nitrogens is 4. The predicted molar refractivity (Wildman–Crippen MR) is 78.1 cm³/mol. The van der Waals surface area contributed by atoms with Gasteiger partial charge in [0.2, 0.25) is 0 Å². The molecule has 2 aromatic heterocycles. The lowest BCUT2D eigenvalue weighted by Crippen LogP contribution is -1.97. The van der Waals surface area contributed by atoms with Crippen LogP contribution >= 0.6 is 0 Å². The summed E-state index contributed by atoms with van der Waals surface area (Å²) in [7, 11) is 1.90. The lowest BCUT2D eigenvalue weighted by atomic mass is 10.1. The summed E-state index contributed by atoms with van der Waals surface area (Å²) in [5.74, 6) is 0.823. The van der Waals surface area contributed by atoms with E-state index in [1.165, 1.54) is 24.0 Å². The van der Waals surface area contributed by atoms with Crippen LogP contribution in [0.3, 0.4) is 0 Å². The third-order valence-corrected chi connectivity index (χ3v) is 3.90. The number of hydrogen-bond donors (Lipinski definition) is 1. The van der Waals surface area contributed by atoms with Crippen LogP contribution in [0, 0.1) is 0 Å². The van der Waals surface area contributed by atoms with E-state index in [0.717, 1.165) is 29.0 Å². The zero-order valence-electron chi connectivity index (χ0n) is 11.3. The first-order valence-electron chi connectivity index (χ1n) is 6.83. The van der Waals surface area contributed by atoms with Gasteiger partial charge >= 0.3 is 0 Å². The Bertz CT molecular complexity index is 790. The van der Waals surface area contributed by atoms with Crippen molar-refractivity contribution in [2.75, 3.05) is 5.32 Å². The number of benzene rings is 1. The molecule has 0 radical (unpaired) electrons. The van der Waals surface area contributed by atoms with E-state index in [9.17, 15) is 0 Å². The second-order valence-electron chi connectivity index (χ2n) is 5.15. The highest BCUT2D eigenvalue weighted by atomic mass is 15.3. The van der Waals surface area contributed by atoms with Gasteiger partial charge in [-0.3, -0.25) is 0 Å². The summed E-state index contributed by atoms with van der Waals surface area (Å²) in [5, 5.41) is 8.92.